The first-order valence-electron chi connectivity index (χ1n) is 13.6. The molecule has 9 heteroatoms. The molecule has 1 atom stereocenters. The van der Waals surface area contributed by atoms with Crippen LogP contribution in [0.25, 0.3) is 10.9 Å². The van der Waals surface area contributed by atoms with Crippen LogP contribution in [0.4, 0.5) is 0 Å². The van der Waals surface area contributed by atoms with Crippen LogP contribution < -0.4 is 20.5 Å². The maximum absolute atomic E-state index is 13.3. The van der Waals surface area contributed by atoms with E-state index in [2.05, 4.69) is 32.1 Å². The lowest BCUT2D eigenvalue weighted by Gasteiger charge is -2.25. The molecule has 1 amide bonds. The number of aromatic amines is 1. The van der Waals surface area contributed by atoms with Crippen LogP contribution >= 0.6 is 0 Å². The van der Waals surface area contributed by atoms with E-state index in [0.29, 0.717) is 30.3 Å². The average molecular weight is 553 g/mol. The van der Waals surface area contributed by atoms with Crippen LogP contribution in [-0.2, 0) is 24.2 Å². The first-order valence-corrected chi connectivity index (χ1v) is 13.6. The highest BCUT2D eigenvalue weighted by molar-refractivity contribution is 5.88. The summed E-state index contributed by atoms with van der Waals surface area (Å²) in [6.07, 6.45) is 3.36. The Kier molecular flexibility index (Phi) is 8.07. The molecule has 0 saturated carbocycles. The minimum Gasteiger partial charge on any atom is -0.497 e. The number of methoxy groups -OCH3 is 2. The number of para-hydroxylation sites is 1. The molecule has 9 nitrogen and oxygen atoms in total. The Labute approximate surface area is 239 Å². The fraction of sp³-hybridized carbons (Fsp3) is 0.281. The summed E-state index contributed by atoms with van der Waals surface area (Å²) in [6, 6.07) is 23.4. The van der Waals surface area contributed by atoms with Gasteiger partial charge in [0.05, 0.1) is 26.3 Å². The molecule has 0 aliphatic heterocycles. The predicted molar refractivity (Wildman–Crippen MR) is 159 cm³/mol. The number of fused-ring (bicyclic) bond motifs is 1. The quantitative estimate of drug-likeness (QED) is 0.221. The summed E-state index contributed by atoms with van der Waals surface area (Å²) in [7, 11) is 3.27. The smallest absolute Gasteiger partial charge is 0.240 e. The zero-order valence-electron chi connectivity index (χ0n) is 23.8. The Hall–Kier alpha value is -4.63. The highest BCUT2D eigenvalue weighted by Crippen LogP contribution is 2.31. The standard InChI is InChI=1S/C32H36N6O3/c1-32(2,33)31(39)35-29(25-19-34-26-13-9-8-12-24(25)26)30-37-36-28(17-14-21-10-6-5-7-11-21)38(30)20-22-15-16-23(40-3)18-27(22)41-4/h5-13,15-16,18-19,29,34H,14,17,20,33H2,1-4H3,(H,35,39)/t29-/m1/s1. The second-order valence-corrected chi connectivity index (χ2v) is 10.6. The molecule has 4 N–H and O–H groups in total. The number of nitrogens with zero attached hydrogens (tertiary/aromatic N) is 3. The number of amides is 1. The van der Waals surface area contributed by atoms with Gasteiger partial charge in [-0.25, -0.2) is 0 Å². The number of carbonyl (C=O) groups is 1. The lowest BCUT2D eigenvalue weighted by Crippen LogP contribution is -2.50. The van der Waals surface area contributed by atoms with Gasteiger partial charge in [0.1, 0.15) is 23.4 Å². The van der Waals surface area contributed by atoms with Gasteiger partial charge in [0.2, 0.25) is 5.91 Å². The van der Waals surface area contributed by atoms with Crippen LogP contribution in [0.5, 0.6) is 11.5 Å². The zero-order valence-corrected chi connectivity index (χ0v) is 23.8. The van der Waals surface area contributed by atoms with Crippen molar-refractivity contribution in [2.24, 2.45) is 5.73 Å². The van der Waals surface area contributed by atoms with Crippen LogP contribution in [0, 0.1) is 0 Å². The Morgan fingerprint density at radius 2 is 1.76 bits per heavy atom. The number of aromatic nitrogens is 4. The van der Waals surface area contributed by atoms with Crippen molar-refractivity contribution in [2.45, 2.75) is 44.8 Å². The Bertz CT molecular complexity index is 1630. The zero-order chi connectivity index (χ0) is 29.0. The van der Waals surface area contributed by atoms with E-state index in [1.54, 1.807) is 28.1 Å². The largest absolute Gasteiger partial charge is 0.497 e. The number of aryl methyl sites for hydroxylation is 2. The molecule has 0 spiro atoms. The molecule has 0 aliphatic rings. The van der Waals surface area contributed by atoms with Crippen LogP contribution in [0.3, 0.4) is 0 Å². The normalized spacial score (nSPS) is 12.3. The molecule has 0 unspecified atom stereocenters. The second kappa shape index (κ2) is 11.9. The van der Waals surface area contributed by atoms with E-state index in [1.807, 2.05) is 66.9 Å². The number of ether oxygens (including phenoxy) is 2. The Morgan fingerprint density at radius 3 is 2.49 bits per heavy atom. The van der Waals surface area contributed by atoms with Crippen molar-refractivity contribution in [3.05, 3.63) is 107 Å². The van der Waals surface area contributed by atoms with E-state index in [-0.39, 0.29) is 5.91 Å². The number of nitrogens with one attached hydrogen (secondary N) is 2. The molecule has 0 saturated heterocycles. The summed E-state index contributed by atoms with van der Waals surface area (Å²) < 4.78 is 13.2. The van der Waals surface area contributed by atoms with E-state index in [4.69, 9.17) is 20.3 Å². The number of carbonyl (C=O) groups excluding carboxylic acids is 1. The van der Waals surface area contributed by atoms with Gasteiger partial charge >= 0.3 is 0 Å². The van der Waals surface area contributed by atoms with Gasteiger partial charge in [-0.15, -0.1) is 10.2 Å². The van der Waals surface area contributed by atoms with E-state index < -0.39 is 11.6 Å². The molecule has 2 aromatic heterocycles. The summed E-state index contributed by atoms with van der Waals surface area (Å²) in [5, 5.41) is 13.5. The van der Waals surface area contributed by atoms with Gasteiger partial charge in [-0.05, 0) is 44.0 Å². The van der Waals surface area contributed by atoms with Crippen molar-refractivity contribution in [3.63, 3.8) is 0 Å². The van der Waals surface area contributed by atoms with E-state index in [0.717, 1.165) is 34.3 Å². The Morgan fingerprint density at radius 1 is 1.00 bits per heavy atom. The first-order chi connectivity index (χ1) is 19.8. The number of hydrogen-bond donors (Lipinski definition) is 3. The lowest BCUT2D eigenvalue weighted by molar-refractivity contribution is -0.125. The van der Waals surface area contributed by atoms with E-state index in [9.17, 15) is 4.79 Å². The third kappa shape index (κ3) is 6.10. The molecule has 0 radical (unpaired) electrons. The maximum Gasteiger partial charge on any atom is 0.240 e. The van der Waals surface area contributed by atoms with Crippen LogP contribution in [-0.4, -0.2) is 45.4 Å². The van der Waals surface area contributed by atoms with Gasteiger partial charge < -0.3 is 30.1 Å². The summed E-state index contributed by atoms with van der Waals surface area (Å²) in [5.41, 5.74) is 9.10. The minimum absolute atomic E-state index is 0.296. The summed E-state index contributed by atoms with van der Waals surface area (Å²) in [4.78, 5) is 16.6. The molecule has 0 aliphatic carbocycles. The van der Waals surface area contributed by atoms with Gasteiger partial charge in [-0.3, -0.25) is 4.79 Å². The fourth-order valence-electron chi connectivity index (χ4n) is 4.90. The van der Waals surface area contributed by atoms with Gasteiger partial charge in [0.15, 0.2) is 5.82 Å². The molecule has 41 heavy (non-hydrogen) atoms. The van der Waals surface area contributed by atoms with Crippen LogP contribution in [0.15, 0.2) is 79.0 Å². The highest BCUT2D eigenvalue weighted by atomic mass is 16.5. The third-order valence-corrected chi connectivity index (χ3v) is 7.21. The number of nitrogens with two attached hydrogens (primary N) is 1. The Balaban J connectivity index is 1.63. The summed E-state index contributed by atoms with van der Waals surface area (Å²) >= 11 is 0. The SMILES string of the molecule is COc1ccc(Cn2c(CCc3ccccc3)nnc2[C@H](NC(=O)C(C)(C)N)c2c[nH]c3ccccc23)c(OC)c1. The number of benzene rings is 3. The molecular formula is C32H36N6O3. The van der Waals surface area contributed by atoms with Crippen molar-refractivity contribution in [1.82, 2.24) is 25.1 Å². The highest BCUT2D eigenvalue weighted by Gasteiger charge is 2.31. The van der Waals surface area contributed by atoms with Gasteiger partial charge in [0, 0.05) is 40.7 Å². The van der Waals surface area contributed by atoms with Crippen molar-refractivity contribution >= 4 is 16.8 Å². The topological polar surface area (TPSA) is 120 Å². The third-order valence-electron chi connectivity index (χ3n) is 7.21. The lowest BCUT2D eigenvalue weighted by atomic mass is 10.0. The monoisotopic (exact) mass is 552 g/mol. The summed E-state index contributed by atoms with van der Waals surface area (Å²) in [5.74, 6) is 2.50. The van der Waals surface area contributed by atoms with Crippen LogP contribution in [0.2, 0.25) is 0 Å². The van der Waals surface area contributed by atoms with Crippen molar-refractivity contribution < 1.29 is 14.3 Å². The van der Waals surface area contributed by atoms with Crippen molar-refractivity contribution in [2.75, 3.05) is 14.2 Å². The van der Waals surface area contributed by atoms with Crippen molar-refractivity contribution in [3.8, 4) is 11.5 Å². The van der Waals surface area contributed by atoms with E-state index in [1.165, 1.54) is 5.56 Å². The van der Waals surface area contributed by atoms with E-state index >= 15 is 0 Å². The minimum atomic E-state index is -1.09. The molecule has 0 bridgehead atoms. The molecule has 5 aromatic rings. The predicted octanol–water partition coefficient (Wildman–Crippen LogP) is 4.55. The van der Waals surface area contributed by atoms with Gasteiger partial charge in [-0.2, -0.15) is 0 Å². The van der Waals surface area contributed by atoms with Crippen LogP contribution in [0.1, 0.15) is 48.2 Å². The second-order valence-electron chi connectivity index (χ2n) is 10.6. The molecule has 2 heterocycles. The average Bonchev–Trinajstić information content (AvgIpc) is 3.59. The molecule has 212 valence electrons. The number of hydrogen-bond acceptors (Lipinski definition) is 6. The number of H-pyrrole nitrogens is 1. The maximum atomic E-state index is 13.3. The molecular weight excluding hydrogens is 516 g/mol. The fourth-order valence-corrected chi connectivity index (χ4v) is 4.90. The van der Waals surface area contributed by atoms with Gasteiger partial charge in [0.25, 0.3) is 0 Å². The molecule has 5 rings (SSSR count). The van der Waals surface area contributed by atoms with Crippen molar-refractivity contribution in [1.29, 1.82) is 0 Å². The van der Waals surface area contributed by atoms with Gasteiger partial charge in [-0.1, -0.05) is 48.5 Å². The number of rotatable bonds is 11. The molecule has 3 aromatic carbocycles. The molecule has 0 fully saturated rings. The first kappa shape index (κ1) is 27.9. The summed E-state index contributed by atoms with van der Waals surface area (Å²) in [6.45, 7) is 3.81.